The maximum atomic E-state index is 12.1. The zero-order chi connectivity index (χ0) is 21.3. The van der Waals surface area contributed by atoms with Gasteiger partial charge < -0.3 is 9.47 Å². The Balaban J connectivity index is 1.50. The van der Waals surface area contributed by atoms with Gasteiger partial charge in [0.2, 0.25) is 0 Å². The molecule has 30 heavy (non-hydrogen) atoms. The zero-order valence-corrected chi connectivity index (χ0v) is 16.9. The number of hydrogen-bond donors (Lipinski definition) is 1. The van der Waals surface area contributed by atoms with Crippen LogP contribution in [0.4, 0.5) is 0 Å². The van der Waals surface area contributed by atoms with E-state index < -0.39 is 11.9 Å². The Morgan fingerprint density at radius 1 is 1.00 bits per heavy atom. The summed E-state index contributed by atoms with van der Waals surface area (Å²) in [7, 11) is 0. The number of benzene rings is 3. The van der Waals surface area contributed by atoms with Crippen molar-refractivity contribution in [2.24, 2.45) is 5.10 Å². The topological polar surface area (TPSA) is 77.0 Å². The van der Waals surface area contributed by atoms with Crippen LogP contribution in [0.1, 0.15) is 21.5 Å². The molecule has 0 saturated heterocycles. The summed E-state index contributed by atoms with van der Waals surface area (Å²) in [5, 5.41) is 4.53. The number of hydrogen-bond acceptors (Lipinski definition) is 5. The molecule has 0 heterocycles. The van der Waals surface area contributed by atoms with Gasteiger partial charge in [0.1, 0.15) is 11.5 Å². The minimum Gasteiger partial charge on any atom is -0.484 e. The van der Waals surface area contributed by atoms with Crippen LogP contribution in [0.3, 0.4) is 0 Å². The molecular weight excluding hydrogens is 404 g/mol. The predicted octanol–water partition coefficient (Wildman–Crippen LogP) is 4.40. The highest BCUT2D eigenvalue weighted by atomic mass is 35.5. The summed E-state index contributed by atoms with van der Waals surface area (Å²) in [6.45, 7) is 1.66. The van der Waals surface area contributed by atoms with Crippen LogP contribution >= 0.6 is 11.6 Å². The Morgan fingerprint density at radius 3 is 2.57 bits per heavy atom. The molecule has 1 amide bonds. The predicted molar refractivity (Wildman–Crippen MR) is 115 cm³/mol. The second-order valence-electron chi connectivity index (χ2n) is 6.32. The minimum absolute atomic E-state index is 0.187. The van der Waals surface area contributed by atoms with E-state index in [1.54, 1.807) is 66.7 Å². The average molecular weight is 423 g/mol. The van der Waals surface area contributed by atoms with E-state index in [1.807, 2.05) is 13.0 Å². The van der Waals surface area contributed by atoms with Gasteiger partial charge in [0.25, 0.3) is 5.91 Å². The number of aryl methyl sites for hydroxylation is 1. The zero-order valence-electron chi connectivity index (χ0n) is 16.2. The van der Waals surface area contributed by atoms with Crippen LogP contribution in [-0.4, -0.2) is 24.7 Å². The molecule has 7 heteroatoms. The smallest absolute Gasteiger partial charge is 0.343 e. The Morgan fingerprint density at radius 2 is 1.80 bits per heavy atom. The van der Waals surface area contributed by atoms with Gasteiger partial charge in [-0.3, -0.25) is 4.79 Å². The molecular formula is C23H19ClN2O4. The second kappa shape index (κ2) is 10.2. The van der Waals surface area contributed by atoms with E-state index >= 15 is 0 Å². The SMILES string of the molecule is Cc1cc(OCC(=O)N/N=C/c2cccc(OC(=O)c3ccccc3)c2)ccc1Cl. The number of carbonyl (C=O) groups excluding carboxylic acids is 2. The highest BCUT2D eigenvalue weighted by Crippen LogP contribution is 2.20. The van der Waals surface area contributed by atoms with E-state index in [0.29, 0.717) is 27.6 Å². The summed E-state index contributed by atoms with van der Waals surface area (Å²) in [6.07, 6.45) is 1.45. The second-order valence-corrected chi connectivity index (χ2v) is 6.73. The van der Waals surface area contributed by atoms with Crippen molar-refractivity contribution < 1.29 is 19.1 Å². The molecule has 1 N–H and O–H groups in total. The normalized spacial score (nSPS) is 10.6. The fraction of sp³-hybridized carbons (Fsp3) is 0.0870. The summed E-state index contributed by atoms with van der Waals surface area (Å²) in [5.41, 5.74) is 4.36. The summed E-state index contributed by atoms with van der Waals surface area (Å²) >= 11 is 5.96. The Bertz CT molecular complexity index is 1070. The van der Waals surface area contributed by atoms with Gasteiger partial charge >= 0.3 is 5.97 Å². The molecule has 0 radical (unpaired) electrons. The van der Waals surface area contributed by atoms with Gasteiger partial charge in [-0.15, -0.1) is 0 Å². The first kappa shape index (κ1) is 21.1. The Kier molecular flexibility index (Phi) is 7.19. The van der Waals surface area contributed by atoms with Crippen molar-refractivity contribution in [2.45, 2.75) is 6.92 Å². The number of ether oxygens (including phenoxy) is 2. The van der Waals surface area contributed by atoms with E-state index in [2.05, 4.69) is 10.5 Å². The molecule has 3 aromatic carbocycles. The van der Waals surface area contributed by atoms with Crippen LogP contribution in [-0.2, 0) is 4.79 Å². The molecule has 0 fully saturated rings. The van der Waals surface area contributed by atoms with E-state index in [4.69, 9.17) is 21.1 Å². The van der Waals surface area contributed by atoms with Crippen LogP contribution in [0.2, 0.25) is 5.02 Å². The van der Waals surface area contributed by atoms with Crippen molar-refractivity contribution >= 4 is 29.7 Å². The molecule has 0 aromatic heterocycles. The average Bonchev–Trinajstić information content (AvgIpc) is 2.75. The number of nitrogens with zero attached hydrogens (tertiary/aromatic N) is 1. The first-order chi connectivity index (χ1) is 14.5. The van der Waals surface area contributed by atoms with Gasteiger partial charge in [-0.1, -0.05) is 41.9 Å². The van der Waals surface area contributed by atoms with Crippen LogP contribution < -0.4 is 14.9 Å². The third-order valence-corrected chi connectivity index (χ3v) is 4.40. The molecule has 0 saturated carbocycles. The summed E-state index contributed by atoms with van der Waals surface area (Å²) < 4.78 is 10.8. The van der Waals surface area contributed by atoms with E-state index in [0.717, 1.165) is 5.56 Å². The van der Waals surface area contributed by atoms with Crippen molar-refractivity contribution in [3.8, 4) is 11.5 Å². The van der Waals surface area contributed by atoms with Gasteiger partial charge in [0, 0.05) is 5.02 Å². The lowest BCUT2D eigenvalue weighted by Gasteiger charge is -2.07. The Labute approximate surface area is 179 Å². The van der Waals surface area contributed by atoms with Crippen molar-refractivity contribution in [1.82, 2.24) is 5.43 Å². The fourth-order valence-corrected chi connectivity index (χ4v) is 2.58. The number of nitrogens with one attached hydrogen (secondary N) is 1. The van der Waals surface area contributed by atoms with E-state index in [-0.39, 0.29) is 6.61 Å². The molecule has 0 spiro atoms. The molecule has 6 nitrogen and oxygen atoms in total. The van der Waals surface area contributed by atoms with Crippen molar-refractivity contribution in [3.05, 3.63) is 94.5 Å². The molecule has 0 aliphatic heterocycles. The number of esters is 1. The Hall–Kier alpha value is -3.64. The lowest BCUT2D eigenvalue weighted by molar-refractivity contribution is -0.123. The number of carbonyl (C=O) groups is 2. The number of amides is 1. The van der Waals surface area contributed by atoms with Crippen molar-refractivity contribution in [1.29, 1.82) is 0 Å². The molecule has 3 aromatic rings. The summed E-state index contributed by atoms with van der Waals surface area (Å²) in [4.78, 5) is 24.0. The lowest BCUT2D eigenvalue weighted by Crippen LogP contribution is -2.24. The first-order valence-corrected chi connectivity index (χ1v) is 9.47. The maximum Gasteiger partial charge on any atom is 0.343 e. The molecule has 3 rings (SSSR count). The molecule has 0 atom stereocenters. The number of rotatable bonds is 7. The van der Waals surface area contributed by atoms with Crippen LogP contribution in [0.15, 0.2) is 77.9 Å². The van der Waals surface area contributed by atoms with Gasteiger partial charge in [-0.05, 0) is 60.5 Å². The molecule has 152 valence electrons. The van der Waals surface area contributed by atoms with Gasteiger partial charge in [0.15, 0.2) is 6.61 Å². The van der Waals surface area contributed by atoms with Crippen LogP contribution in [0.25, 0.3) is 0 Å². The highest BCUT2D eigenvalue weighted by molar-refractivity contribution is 6.31. The molecule has 0 aliphatic rings. The minimum atomic E-state index is -0.451. The largest absolute Gasteiger partial charge is 0.484 e. The van der Waals surface area contributed by atoms with Gasteiger partial charge in [-0.2, -0.15) is 5.10 Å². The molecule has 0 unspecified atom stereocenters. The monoisotopic (exact) mass is 422 g/mol. The van der Waals surface area contributed by atoms with Gasteiger partial charge in [0.05, 0.1) is 11.8 Å². The van der Waals surface area contributed by atoms with Crippen molar-refractivity contribution in [2.75, 3.05) is 6.61 Å². The van der Waals surface area contributed by atoms with Crippen LogP contribution in [0, 0.1) is 6.92 Å². The van der Waals surface area contributed by atoms with Gasteiger partial charge in [-0.25, -0.2) is 10.2 Å². The standard InChI is InChI=1S/C23H19ClN2O4/c1-16-12-19(10-11-21(16)24)29-15-22(27)26-25-14-17-6-5-9-20(13-17)30-23(28)18-7-3-2-4-8-18/h2-14H,15H2,1H3,(H,26,27)/b25-14+. The molecule has 0 aliphatic carbocycles. The molecule has 0 bridgehead atoms. The van der Waals surface area contributed by atoms with Crippen LogP contribution in [0.5, 0.6) is 11.5 Å². The summed E-state index contributed by atoms with van der Waals surface area (Å²) in [6, 6.07) is 20.7. The van der Waals surface area contributed by atoms with E-state index in [9.17, 15) is 9.59 Å². The van der Waals surface area contributed by atoms with E-state index in [1.165, 1.54) is 6.21 Å². The maximum absolute atomic E-state index is 12.1. The highest BCUT2D eigenvalue weighted by Gasteiger charge is 2.08. The summed E-state index contributed by atoms with van der Waals surface area (Å²) in [5.74, 6) is 0.0580. The third kappa shape index (κ3) is 6.18. The quantitative estimate of drug-likeness (QED) is 0.265. The third-order valence-electron chi connectivity index (χ3n) is 3.98. The fourth-order valence-electron chi connectivity index (χ4n) is 2.47. The lowest BCUT2D eigenvalue weighted by atomic mass is 10.2. The first-order valence-electron chi connectivity index (χ1n) is 9.09. The van der Waals surface area contributed by atoms with Crippen molar-refractivity contribution in [3.63, 3.8) is 0 Å². The number of halogens is 1. The number of hydrazone groups is 1.